The quantitative estimate of drug-likeness (QED) is 0.714. The van der Waals surface area contributed by atoms with Crippen LogP contribution in [0, 0.1) is 0 Å². The number of hydrogen-bond acceptors (Lipinski definition) is 4. The first kappa shape index (κ1) is 20.5. The summed E-state index contributed by atoms with van der Waals surface area (Å²) in [4.78, 5) is 15.7. The Morgan fingerprint density at radius 2 is 1.59 bits per heavy atom. The van der Waals surface area contributed by atoms with Crippen molar-refractivity contribution in [3.05, 3.63) is 52.0 Å². The molecule has 0 atom stereocenters. The molecule has 0 aromatic heterocycles. The molecule has 29 heavy (non-hydrogen) atoms. The van der Waals surface area contributed by atoms with Gasteiger partial charge in [0.1, 0.15) is 0 Å². The average molecular weight is 454 g/mol. The summed E-state index contributed by atoms with van der Waals surface area (Å²) >= 11 is 12.2. The molecule has 1 saturated heterocycles. The third-order valence-corrected chi connectivity index (χ3v) is 7.75. The number of amides is 1. The number of halogens is 2. The lowest BCUT2D eigenvalue weighted by molar-refractivity contribution is -0.116. The molecule has 2 aliphatic heterocycles. The number of benzene rings is 2. The summed E-state index contributed by atoms with van der Waals surface area (Å²) in [6.45, 7) is 3.98. The number of carbonyl (C=O) groups is 1. The normalized spacial score (nSPS) is 17.5. The van der Waals surface area contributed by atoms with Gasteiger partial charge >= 0.3 is 0 Å². The molecular weight excluding hydrogens is 433 g/mol. The molecule has 2 heterocycles. The molecule has 0 saturated carbocycles. The maximum Gasteiger partial charge on any atom is 0.243 e. The van der Waals surface area contributed by atoms with Gasteiger partial charge in [-0.25, -0.2) is 8.42 Å². The number of carbonyl (C=O) groups excluding carboxylic acids is 1. The Bertz CT molecular complexity index is 1050. The van der Waals surface area contributed by atoms with Gasteiger partial charge in [0, 0.05) is 61.1 Å². The summed E-state index contributed by atoms with van der Waals surface area (Å²) < 4.78 is 27.8. The second kappa shape index (κ2) is 7.80. The summed E-state index contributed by atoms with van der Waals surface area (Å²) in [6, 6.07) is 10.4. The van der Waals surface area contributed by atoms with Crippen LogP contribution in [0.5, 0.6) is 0 Å². The zero-order valence-electron chi connectivity index (χ0n) is 15.9. The number of rotatable bonds is 3. The zero-order valence-corrected chi connectivity index (χ0v) is 18.3. The second-order valence-corrected chi connectivity index (χ2v) is 10.0. The van der Waals surface area contributed by atoms with Crippen LogP contribution in [0.15, 0.2) is 41.3 Å². The van der Waals surface area contributed by atoms with Crippen LogP contribution in [-0.2, 0) is 21.2 Å². The van der Waals surface area contributed by atoms with E-state index in [0.717, 1.165) is 16.9 Å². The zero-order chi connectivity index (χ0) is 20.8. The van der Waals surface area contributed by atoms with Crippen LogP contribution < -0.4 is 9.80 Å². The molecule has 2 aromatic rings. The summed E-state index contributed by atoms with van der Waals surface area (Å²) in [5.74, 6) is -0.0309. The van der Waals surface area contributed by atoms with Crippen molar-refractivity contribution in [2.24, 2.45) is 0 Å². The molecule has 2 aliphatic rings. The Hall–Kier alpha value is -1.80. The number of fused-ring (bicyclic) bond motifs is 1. The molecule has 1 fully saturated rings. The van der Waals surface area contributed by atoms with Gasteiger partial charge in [-0.2, -0.15) is 4.31 Å². The first-order chi connectivity index (χ1) is 13.8. The van der Waals surface area contributed by atoms with Gasteiger partial charge in [-0.3, -0.25) is 4.79 Å². The molecule has 0 radical (unpaired) electrons. The first-order valence-electron chi connectivity index (χ1n) is 9.38. The fourth-order valence-electron chi connectivity index (χ4n) is 3.92. The van der Waals surface area contributed by atoms with Crippen LogP contribution in [0.25, 0.3) is 0 Å². The standard InChI is InChI=1S/C20H21Cl2N3O3S/c1-14(26)25-5-4-15-10-19(2-3-20(15)25)29(27,28)24-8-6-23(7-9-24)18-12-16(21)11-17(22)13-18/h2-3,10-13H,4-9H2,1H3. The molecule has 0 unspecified atom stereocenters. The van der Waals surface area contributed by atoms with Gasteiger partial charge in [-0.15, -0.1) is 0 Å². The predicted octanol–water partition coefficient (Wildman–Crippen LogP) is 3.41. The number of hydrogen-bond donors (Lipinski definition) is 0. The van der Waals surface area contributed by atoms with E-state index in [0.29, 0.717) is 49.2 Å². The summed E-state index contributed by atoms with van der Waals surface area (Å²) in [5, 5.41) is 1.11. The molecule has 2 aromatic carbocycles. The Balaban J connectivity index is 1.50. The van der Waals surface area contributed by atoms with Gasteiger partial charge in [-0.05, 0) is 48.4 Å². The molecule has 0 aliphatic carbocycles. The fraction of sp³-hybridized carbons (Fsp3) is 0.350. The van der Waals surface area contributed by atoms with E-state index in [1.54, 1.807) is 29.2 Å². The highest BCUT2D eigenvalue weighted by molar-refractivity contribution is 7.89. The van der Waals surface area contributed by atoms with Gasteiger partial charge < -0.3 is 9.80 Å². The summed E-state index contributed by atoms with van der Waals surface area (Å²) in [5.41, 5.74) is 2.59. The monoisotopic (exact) mass is 453 g/mol. The lowest BCUT2D eigenvalue weighted by Crippen LogP contribution is -2.48. The van der Waals surface area contributed by atoms with E-state index >= 15 is 0 Å². The smallest absolute Gasteiger partial charge is 0.243 e. The Morgan fingerprint density at radius 3 is 2.21 bits per heavy atom. The van der Waals surface area contributed by atoms with E-state index in [9.17, 15) is 13.2 Å². The third-order valence-electron chi connectivity index (χ3n) is 5.42. The molecule has 0 spiro atoms. The Kier molecular flexibility index (Phi) is 5.50. The van der Waals surface area contributed by atoms with Gasteiger partial charge in [0.2, 0.25) is 15.9 Å². The lowest BCUT2D eigenvalue weighted by atomic mass is 10.2. The number of anilines is 2. The highest BCUT2D eigenvalue weighted by Crippen LogP contribution is 2.32. The highest BCUT2D eigenvalue weighted by atomic mass is 35.5. The van der Waals surface area contributed by atoms with Gasteiger partial charge in [0.05, 0.1) is 4.90 Å². The largest absolute Gasteiger partial charge is 0.369 e. The highest BCUT2D eigenvalue weighted by Gasteiger charge is 2.31. The van der Waals surface area contributed by atoms with Crippen molar-refractivity contribution >= 4 is 50.5 Å². The fourth-order valence-corrected chi connectivity index (χ4v) is 5.91. The van der Waals surface area contributed by atoms with Crippen molar-refractivity contribution in [1.29, 1.82) is 0 Å². The predicted molar refractivity (Wildman–Crippen MR) is 116 cm³/mol. The van der Waals surface area contributed by atoms with Crippen LogP contribution in [0.2, 0.25) is 10.0 Å². The van der Waals surface area contributed by atoms with Crippen molar-refractivity contribution in [1.82, 2.24) is 4.31 Å². The molecule has 6 nitrogen and oxygen atoms in total. The Labute approximate surface area is 180 Å². The molecule has 4 rings (SSSR count). The maximum absolute atomic E-state index is 13.1. The minimum atomic E-state index is -3.59. The van der Waals surface area contributed by atoms with Crippen LogP contribution in [0.4, 0.5) is 11.4 Å². The molecule has 0 N–H and O–H groups in total. The second-order valence-electron chi connectivity index (χ2n) is 7.23. The number of piperazine rings is 1. The SMILES string of the molecule is CC(=O)N1CCc2cc(S(=O)(=O)N3CCN(c4cc(Cl)cc(Cl)c4)CC3)ccc21. The van der Waals surface area contributed by atoms with Crippen molar-refractivity contribution in [2.75, 3.05) is 42.5 Å². The van der Waals surface area contributed by atoms with E-state index in [-0.39, 0.29) is 10.8 Å². The van der Waals surface area contributed by atoms with E-state index < -0.39 is 10.0 Å². The van der Waals surface area contributed by atoms with E-state index in [1.165, 1.54) is 11.2 Å². The minimum Gasteiger partial charge on any atom is -0.369 e. The Morgan fingerprint density at radius 1 is 0.931 bits per heavy atom. The molecule has 1 amide bonds. The van der Waals surface area contributed by atoms with Crippen molar-refractivity contribution < 1.29 is 13.2 Å². The van der Waals surface area contributed by atoms with Crippen molar-refractivity contribution in [2.45, 2.75) is 18.2 Å². The van der Waals surface area contributed by atoms with Crippen molar-refractivity contribution in [3.8, 4) is 0 Å². The summed E-state index contributed by atoms with van der Waals surface area (Å²) in [6.07, 6.45) is 0.668. The van der Waals surface area contributed by atoms with Gasteiger partial charge in [0.25, 0.3) is 0 Å². The van der Waals surface area contributed by atoms with Gasteiger partial charge in [-0.1, -0.05) is 23.2 Å². The van der Waals surface area contributed by atoms with E-state index in [1.807, 2.05) is 12.1 Å². The molecule has 154 valence electrons. The molecule has 0 bridgehead atoms. The molecular formula is C20H21Cl2N3O3S. The van der Waals surface area contributed by atoms with Crippen LogP contribution in [0.3, 0.4) is 0 Å². The average Bonchev–Trinajstić information content (AvgIpc) is 3.11. The van der Waals surface area contributed by atoms with Crippen LogP contribution >= 0.6 is 23.2 Å². The van der Waals surface area contributed by atoms with E-state index in [2.05, 4.69) is 4.90 Å². The van der Waals surface area contributed by atoms with Crippen LogP contribution in [-0.4, -0.2) is 51.4 Å². The third kappa shape index (κ3) is 3.97. The summed E-state index contributed by atoms with van der Waals surface area (Å²) in [7, 11) is -3.59. The lowest BCUT2D eigenvalue weighted by Gasteiger charge is -2.35. The number of sulfonamides is 1. The molecule has 9 heteroatoms. The minimum absolute atomic E-state index is 0.0309. The van der Waals surface area contributed by atoms with E-state index in [4.69, 9.17) is 23.2 Å². The first-order valence-corrected chi connectivity index (χ1v) is 11.6. The van der Waals surface area contributed by atoms with Crippen LogP contribution in [0.1, 0.15) is 12.5 Å². The van der Waals surface area contributed by atoms with Gasteiger partial charge in [0.15, 0.2) is 0 Å². The maximum atomic E-state index is 13.1. The topological polar surface area (TPSA) is 60.9 Å². The van der Waals surface area contributed by atoms with Crippen molar-refractivity contribution in [3.63, 3.8) is 0 Å². The number of nitrogens with zero attached hydrogens (tertiary/aromatic N) is 3.